The summed E-state index contributed by atoms with van der Waals surface area (Å²) < 4.78 is 1.74. The third-order valence-corrected chi connectivity index (χ3v) is 2.87. The van der Waals surface area contributed by atoms with Gasteiger partial charge in [-0.25, -0.2) is 4.79 Å². The first kappa shape index (κ1) is 10.1. The average molecular weight is 209 g/mol. The first-order chi connectivity index (χ1) is 6.94. The van der Waals surface area contributed by atoms with Gasteiger partial charge in [0.15, 0.2) is 0 Å². The molecule has 1 aromatic rings. The predicted molar refractivity (Wildman–Crippen MR) is 53.7 cm³/mol. The summed E-state index contributed by atoms with van der Waals surface area (Å²) in [5.74, 6) is 1.04. The average Bonchev–Trinajstić information content (AvgIpc) is 2.89. The van der Waals surface area contributed by atoms with Crippen LogP contribution in [0.4, 0.5) is 0 Å². The van der Waals surface area contributed by atoms with Crippen molar-refractivity contribution in [1.82, 2.24) is 14.8 Å². The Morgan fingerprint density at radius 1 is 1.47 bits per heavy atom. The fraction of sp³-hybridized carbons (Fsp3) is 0.700. The van der Waals surface area contributed by atoms with Crippen LogP contribution in [0.1, 0.15) is 44.3 Å². The molecule has 0 aromatic carbocycles. The Bertz CT molecular complexity index is 405. The molecule has 2 rings (SSSR count). The van der Waals surface area contributed by atoms with E-state index >= 15 is 0 Å². The minimum Gasteiger partial charge on any atom is -0.480 e. The number of rotatable bonds is 3. The van der Waals surface area contributed by atoms with E-state index in [-0.39, 0.29) is 0 Å². The van der Waals surface area contributed by atoms with Crippen LogP contribution in [0.2, 0.25) is 0 Å². The molecular formula is C10H15N3O2. The molecule has 15 heavy (non-hydrogen) atoms. The number of aromatic nitrogens is 3. The summed E-state index contributed by atoms with van der Waals surface area (Å²) >= 11 is 0. The van der Waals surface area contributed by atoms with Crippen LogP contribution in [0.15, 0.2) is 0 Å². The van der Waals surface area contributed by atoms with E-state index < -0.39 is 11.5 Å². The Morgan fingerprint density at radius 2 is 2.07 bits per heavy atom. The summed E-state index contributed by atoms with van der Waals surface area (Å²) in [6.07, 6.45) is 2.18. The second kappa shape index (κ2) is 3.05. The zero-order valence-electron chi connectivity index (χ0n) is 9.19. The zero-order valence-corrected chi connectivity index (χ0v) is 9.19. The van der Waals surface area contributed by atoms with Gasteiger partial charge in [0, 0.05) is 5.92 Å². The van der Waals surface area contributed by atoms with Crippen LogP contribution < -0.4 is 0 Å². The van der Waals surface area contributed by atoms with Gasteiger partial charge in [-0.2, -0.15) is 0 Å². The number of carbonyl (C=O) groups is 1. The van der Waals surface area contributed by atoms with Gasteiger partial charge >= 0.3 is 5.97 Å². The second-order valence-corrected chi connectivity index (χ2v) is 4.58. The molecule has 0 bridgehead atoms. The SMILES string of the molecule is Cc1nnc(C2CC2)n1C(C)(C)C(=O)O. The van der Waals surface area contributed by atoms with Gasteiger partial charge in [-0.05, 0) is 33.6 Å². The summed E-state index contributed by atoms with van der Waals surface area (Å²) in [4.78, 5) is 11.2. The molecule has 0 saturated heterocycles. The monoisotopic (exact) mass is 209 g/mol. The highest BCUT2D eigenvalue weighted by molar-refractivity contribution is 5.75. The quantitative estimate of drug-likeness (QED) is 0.814. The van der Waals surface area contributed by atoms with Crippen LogP contribution >= 0.6 is 0 Å². The van der Waals surface area contributed by atoms with Gasteiger partial charge < -0.3 is 5.11 Å². The van der Waals surface area contributed by atoms with Crippen LogP contribution in [0.3, 0.4) is 0 Å². The van der Waals surface area contributed by atoms with E-state index in [1.807, 2.05) is 0 Å². The molecule has 82 valence electrons. The second-order valence-electron chi connectivity index (χ2n) is 4.58. The number of hydrogen-bond acceptors (Lipinski definition) is 3. The highest BCUT2D eigenvalue weighted by Crippen LogP contribution is 2.40. The van der Waals surface area contributed by atoms with Gasteiger partial charge in [0.05, 0.1) is 0 Å². The van der Waals surface area contributed by atoms with E-state index in [1.165, 1.54) is 0 Å². The van der Waals surface area contributed by atoms with Gasteiger partial charge in [0.2, 0.25) is 0 Å². The fourth-order valence-corrected chi connectivity index (χ4v) is 1.77. The van der Waals surface area contributed by atoms with Crippen molar-refractivity contribution in [3.05, 3.63) is 11.6 Å². The van der Waals surface area contributed by atoms with Crippen molar-refractivity contribution in [3.63, 3.8) is 0 Å². The van der Waals surface area contributed by atoms with E-state index in [9.17, 15) is 9.90 Å². The standard InChI is InChI=1S/C10H15N3O2/c1-6-11-12-8(7-4-5-7)13(6)10(2,3)9(14)15/h7H,4-5H2,1-3H3,(H,14,15). The van der Waals surface area contributed by atoms with Crippen molar-refractivity contribution in [3.8, 4) is 0 Å². The van der Waals surface area contributed by atoms with E-state index in [0.29, 0.717) is 11.7 Å². The van der Waals surface area contributed by atoms with Crippen molar-refractivity contribution < 1.29 is 9.90 Å². The summed E-state index contributed by atoms with van der Waals surface area (Å²) in [5, 5.41) is 17.2. The molecule has 0 spiro atoms. The normalized spacial score (nSPS) is 16.7. The van der Waals surface area contributed by atoms with Crippen LogP contribution in [0.25, 0.3) is 0 Å². The van der Waals surface area contributed by atoms with E-state index in [2.05, 4.69) is 10.2 Å². The Labute approximate surface area is 88.1 Å². The van der Waals surface area contributed by atoms with Crippen molar-refractivity contribution >= 4 is 5.97 Å². The maximum atomic E-state index is 11.2. The maximum absolute atomic E-state index is 11.2. The molecule has 1 aliphatic rings. The van der Waals surface area contributed by atoms with Crippen molar-refractivity contribution in [2.75, 3.05) is 0 Å². The summed E-state index contributed by atoms with van der Waals surface area (Å²) in [6, 6.07) is 0. The third kappa shape index (κ3) is 1.52. The first-order valence-corrected chi connectivity index (χ1v) is 5.10. The Balaban J connectivity index is 2.49. The highest BCUT2D eigenvalue weighted by atomic mass is 16.4. The fourth-order valence-electron chi connectivity index (χ4n) is 1.77. The molecule has 1 N–H and O–H groups in total. The molecule has 0 radical (unpaired) electrons. The van der Waals surface area contributed by atoms with Gasteiger partial charge in [-0.15, -0.1) is 10.2 Å². The van der Waals surface area contributed by atoms with Gasteiger partial charge in [0.25, 0.3) is 0 Å². The van der Waals surface area contributed by atoms with E-state index in [4.69, 9.17) is 0 Å². The lowest BCUT2D eigenvalue weighted by Gasteiger charge is -2.24. The Hall–Kier alpha value is -1.39. The summed E-state index contributed by atoms with van der Waals surface area (Å²) in [6.45, 7) is 5.15. The maximum Gasteiger partial charge on any atom is 0.329 e. The highest BCUT2D eigenvalue weighted by Gasteiger charge is 2.38. The lowest BCUT2D eigenvalue weighted by atomic mass is 10.1. The molecular weight excluding hydrogens is 194 g/mol. The lowest BCUT2D eigenvalue weighted by molar-refractivity contribution is -0.145. The van der Waals surface area contributed by atoms with Gasteiger partial charge in [-0.3, -0.25) is 4.57 Å². The number of carboxylic acid groups (broad SMARTS) is 1. The molecule has 1 saturated carbocycles. The largest absolute Gasteiger partial charge is 0.480 e. The molecule has 1 aromatic heterocycles. The van der Waals surface area contributed by atoms with Gasteiger partial charge in [0.1, 0.15) is 17.2 Å². The topological polar surface area (TPSA) is 68.0 Å². The van der Waals surface area contributed by atoms with E-state index in [1.54, 1.807) is 25.3 Å². The first-order valence-electron chi connectivity index (χ1n) is 5.10. The van der Waals surface area contributed by atoms with Crippen LogP contribution in [-0.2, 0) is 10.3 Å². The summed E-state index contributed by atoms with van der Waals surface area (Å²) in [7, 11) is 0. The molecule has 0 amide bonds. The predicted octanol–water partition coefficient (Wildman–Crippen LogP) is 1.28. The minimum absolute atomic E-state index is 0.407. The van der Waals surface area contributed by atoms with Crippen molar-refractivity contribution in [2.45, 2.75) is 45.1 Å². The molecule has 0 atom stereocenters. The van der Waals surface area contributed by atoms with Crippen LogP contribution in [0, 0.1) is 6.92 Å². The van der Waals surface area contributed by atoms with Gasteiger partial charge in [-0.1, -0.05) is 0 Å². The Kier molecular flexibility index (Phi) is 2.06. The van der Waals surface area contributed by atoms with Crippen molar-refractivity contribution in [2.24, 2.45) is 0 Å². The number of aliphatic carboxylic acids is 1. The summed E-state index contributed by atoms with van der Waals surface area (Å²) in [5.41, 5.74) is -0.967. The number of nitrogens with zero attached hydrogens (tertiary/aromatic N) is 3. The Morgan fingerprint density at radius 3 is 2.53 bits per heavy atom. The molecule has 5 heteroatoms. The number of hydrogen-bond donors (Lipinski definition) is 1. The van der Waals surface area contributed by atoms with Crippen molar-refractivity contribution in [1.29, 1.82) is 0 Å². The number of aryl methyl sites for hydroxylation is 1. The van der Waals surface area contributed by atoms with Crippen LogP contribution in [0.5, 0.6) is 0 Å². The third-order valence-electron chi connectivity index (χ3n) is 2.87. The molecule has 1 fully saturated rings. The van der Waals surface area contributed by atoms with E-state index in [0.717, 1.165) is 18.7 Å². The zero-order chi connectivity index (χ0) is 11.2. The lowest BCUT2D eigenvalue weighted by Crippen LogP contribution is -2.37. The molecule has 1 heterocycles. The molecule has 1 aliphatic carbocycles. The molecule has 5 nitrogen and oxygen atoms in total. The minimum atomic E-state index is -0.967. The van der Waals surface area contributed by atoms with Crippen LogP contribution in [-0.4, -0.2) is 25.8 Å². The molecule has 0 aliphatic heterocycles. The smallest absolute Gasteiger partial charge is 0.329 e. The molecule has 0 unspecified atom stereocenters. The number of carboxylic acids is 1.